The smallest absolute Gasteiger partial charge is 0.264 e. The van der Waals surface area contributed by atoms with E-state index in [2.05, 4.69) is 20.0 Å². The van der Waals surface area contributed by atoms with Crippen LogP contribution in [-0.2, 0) is 16.6 Å². The van der Waals surface area contributed by atoms with Crippen LogP contribution in [-0.4, -0.2) is 31.5 Å². The van der Waals surface area contributed by atoms with Gasteiger partial charge in [-0.05, 0) is 48.0 Å². The number of ether oxygens (including phenoxy) is 1. The van der Waals surface area contributed by atoms with Crippen molar-refractivity contribution in [3.05, 3.63) is 84.0 Å². The first kappa shape index (κ1) is 21.4. The van der Waals surface area contributed by atoms with Crippen LogP contribution in [0.1, 0.15) is 5.56 Å². The van der Waals surface area contributed by atoms with Gasteiger partial charge >= 0.3 is 0 Å². The highest BCUT2D eigenvalue weighted by atomic mass is 32.2. The fraction of sp³-hybridized carbons (Fsp3) is 0.125. The van der Waals surface area contributed by atoms with Crippen LogP contribution in [0, 0.1) is 0 Å². The van der Waals surface area contributed by atoms with Gasteiger partial charge in [0.25, 0.3) is 10.0 Å². The third-order valence-corrected chi connectivity index (χ3v) is 7.42. The highest BCUT2D eigenvalue weighted by Crippen LogP contribution is 2.27. The van der Waals surface area contributed by atoms with Crippen molar-refractivity contribution in [3.63, 3.8) is 0 Å². The van der Waals surface area contributed by atoms with E-state index in [1.54, 1.807) is 23.7 Å². The predicted octanol–water partition coefficient (Wildman–Crippen LogP) is 4.75. The van der Waals surface area contributed by atoms with E-state index in [1.807, 2.05) is 54.7 Å². The molecule has 3 aromatic carbocycles. The van der Waals surface area contributed by atoms with Crippen molar-refractivity contribution < 1.29 is 13.2 Å². The Hall–Kier alpha value is -3.40. The Bertz CT molecular complexity index is 1510. The van der Waals surface area contributed by atoms with E-state index in [1.165, 1.54) is 11.3 Å². The number of thiazole rings is 1. The van der Waals surface area contributed by atoms with Gasteiger partial charge < -0.3 is 15.0 Å². The normalized spacial score (nSPS) is 11.8. The highest BCUT2D eigenvalue weighted by molar-refractivity contribution is 7.93. The lowest BCUT2D eigenvalue weighted by atomic mass is 10.2. The Balaban J connectivity index is 1.18. The maximum Gasteiger partial charge on any atom is 0.264 e. The zero-order chi connectivity index (χ0) is 22.7. The molecule has 0 aliphatic carbocycles. The van der Waals surface area contributed by atoms with Crippen LogP contribution in [0.25, 0.3) is 21.1 Å². The van der Waals surface area contributed by atoms with Crippen LogP contribution >= 0.6 is 11.3 Å². The number of sulfonamides is 1. The van der Waals surface area contributed by atoms with Crippen molar-refractivity contribution >= 4 is 48.2 Å². The molecule has 0 saturated carbocycles. The van der Waals surface area contributed by atoms with E-state index in [0.29, 0.717) is 30.9 Å². The number of H-pyrrole nitrogens is 1. The molecule has 0 fully saturated rings. The zero-order valence-corrected chi connectivity index (χ0v) is 19.2. The first-order chi connectivity index (χ1) is 16.1. The molecule has 5 rings (SSSR count). The first-order valence-corrected chi connectivity index (χ1v) is 12.8. The molecule has 0 aliphatic rings. The second-order valence-electron chi connectivity index (χ2n) is 7.48. The Morgan fingerprint density at radius 2 is 1.91 bits per heavy atom. The fourth-order valence-electron chi connectivity index (χ4n) is 3.68. The summed E-state index contributed by atoms with van der Waals surface area (Å²) < 4.78 is 35.3. The number of nitrogens with one attached hydrogen (secondary N) is 3. The maximum atomic E-state index is 13.0. The lowest BCUT2D eigenvalue weighted by Crippen LogP contribution is -2.20. The quantitative estimate of drug-likeness (QED) is 0.266. The van der Waals surface area contributed by atoms with Gasteiger partial charge in [-0.15, -0.1) is 11.3 Å². The van der Waals surface area contributed by atoms with Gasteiger partial charge in [0.2, 0.25) is 0 Å². The summed E-state index contributed by atoms with van der Waals surface area (Å²) in [6.45, 7) is 1.77. The van der Waals surface area contributed by atoms with E-state index in [9.17, 15) is 8.42 Å². The molecule has 0 atom stereocenters. The van der Waals surface area contributed by atoms with Crippen LogP contribution < -0.4 is 14.8 Å². The molecule has 0 saturated heterocycles. The van der Waals surface area contributed by atoms with Crippen LogP contribution in [0.4, 0.5) is 5.69 Å². The first-order valence-electron chi connectivity index (χ1n) is 10.4. The number of hydrogen-bond donors (Lipinski definition) is 3. The average molecular weight is 479 g/mol. The average Bonchev–Trinajstić information content (AvgIpc) is 3.48. The molecule has 7 nitrogen and oxygen atoms in total. The van der Waals surface area contributed by atoms with Crippen LogP contribution in [0.2, 0.25) is 0 Å². The molecule has 0 amide bonds. The Kier molecular flexibility index (Phi) is 5.99. The monoisotopic (exact) mass is 478 g/mol. The second-order valence-corrected chi connectivity index (χ2v) is 10.0. The number of para-hydroxylation sites is 1. The molecule has 0 spiro atoms. The van der Waals surface area contributed by atoms with E-state index >= 15 is 0 Å². The van der Waals surface area contributed by atoms with E-state index in [0.717, 1.165) is 26.9 Å². The highest BCUT2D eigenvalue weighted by Gasteiger charge is 2.19. The fourth-order valence-corrected chi connectivity index (χ4v) is 5.67. The maximum absolute atomic E-state index is 13.0. The molecule has 2 heterocycles. The minimum absolute atomic E-state index is 0.180. The number of anilines is 1. The van der Waals surface area contributed by atoms with Crippen molar-refractivity contribution in [2.45, 2.75) is 11.4 Å². The Labute approximate surface area is 195 Å². The summed E-state index contributed by atoms with van der Waals surface area (Å²) in [7, 11) is -3.75. The minimum atomic E-state index is -3.75. The SMILES string of the molecule is O=S(=O)(Nc1cccc(CNCCOc2cccc3[nH]ccc23)c1)c1cccc2scnc12. The van der Waals surface area contributed by atoms with Gasteiger partial charge in [0.15, 0.2) is 0 Å². The topological polar surface area (TPSA) is 96.1 Å². The number of fused-ring (bicyclic) bond motifs is 2. The summed E-state index contributed by atoms with van der Waals surface area (Å²) in [5.74, 6) is 0.849. The summed E-state index contributed by atoms with van der Waals surface area (Å²) in [4.78, 5) is 7.57. The van der Waals surface area contributed by atoms with Gasteiger partial charge in [0.05, 0.1) is 10.2 Å². The van der Waals surface area contributed by atoms with Gasteiger partial charge in [-0.25, -0.2) is 13.4 Å². The number of aromatic nitrogens is 2. The Morgan fingerprint density at radius 3 is 2.85 bits per heavy atom. The molecule has 0 bridgehead atoms. The summed E-state index contributed by atoms with van der Waals surface area (Å²) in [5, 5.41) is 4.40. The van der Waals surface area contributed by atoms with Crippen molar-refractivity contribution in [2.75, 3.05) is 17.9 Å². The van der Waals surface area contributed by atoms with Gasteiger partial charge in [0, 0.05) is 35.9 Å². The van der Waals surface area contributed by atoms with Gasteiger partial charge in [-0.3, -0.25) is 4.72 Å². The van der Waals surface area contributed by atoms with Gasteiger partial charge in [-0.1, -0.05) is 24.3 Å². The number of rotatable bonds is 9. The molecular weight excluding hydrogens is 456 g/mol. The van der Waals surface area contributed by atoms with Crippen molar-refractivity contribution in [2.24, 2.45) is 0 Å². The molecule has 168 valence electrons. The summed E-state index contributed by atoms with van der Waals surface area (Å²) in [5.41, 5.74) is 4.67. The number of aromatic amines is 1. The lowest BCUT2D eigenvalue weighted by Gasteiger charge is -2.11. The van der Waals surface area contributed by atoms with E-state index in [4.69, 9.17) is 4.74 Å². The van der Waals surface area contributed by atoms with Gasteiger partial charge in [0.1, 0.15) is 22.8 Å². The van der Waals surface area contributed by atoms with Crippen LogP contribution in [0.15, 0.2) is 83.3 Å². The predicted molar refractivity (Wildman–Crippen MR) is 132 cm³/mol. The second kappa shape index (κ2) is 9.22. The summed E-state index contributed by atoms with van der Waals surface area (Å²) in [6.07, 6.45) is 1.90. The molecule has 33 heavy (non-hydrogen) atoms. The number of hydrogen-bond acceptors (Lipinski definition) is 6. The largest absolute Gasteiger partial charge is 0.492 e. The third kappa shape index (κ3) is 4.70. The molecule has 2 aromatic heterocycles. The standard InChI is InChI=1S/C24H22N4O3S2/c29-33(30,23-9-3-8-22-24(23)27-16-32-22)28-18-5-1-4-17(14-18)15-25-12-13-31-21-7-2-6-20-19(21)10-11-26-20/h1-11,14,16,25-26,28H,12-13,15H2. The van der Waals surface area contributed by atoms with Crippen molar-refractivity contribution in [1.29, 1.82) is 0 Å². The number of benzene rings is 3. The number of nitrogens with zero attached hydrogens (tertiary/aromatic N) is 1. The minimum Gasteiger partial charge on any atom is -0.492 e. The third-order valence-electron chi connectivity index (χ3n) is 5.21. The van der Waals surface area contributed by atoms with E-state index < -0.39 is 10.0 Å². The van der Waals surface area contributed by atoms with Gasteiger partial charge in [-0.2, -0.15) is 0 Å². The molecule has 3 N–H and O–H groups in total. The van der Waals surface area contributed by atoms with Crippen molar-refractivity contribution in [3.8, 4) is 5.75 Å². The molecular formula is C24H22N4O3S2. The lowest BCUT2D eigenvalue weighted by molar-refractivity contribution is 0.317. The zero-order valence-electron chi connectivity index (χ0n) is 17.6. The van der Waals surface area contributed by atoms with Crippen LogP contribution in [0.5, 0.6) is 5.75 Å². The summed E-state index contributed by atoms with van der Waals surface area (Å²) in [6, 6.07) is 20.4. The molecule has 0 aliphatic heterocycles. The molecule has 0 unspecified atom stereocenters. The van der Waals surface area contributed by atoms with Crippen LogP contribution in [0.3, 0.4) is 0 Å². The summed E-state index contributed by atoms with van der Waals surface area (Å²) >= 11 is 1.42. The van der Waals surface area contributed by atoms with Crippen molar-refractivity contribution in [1.82, 2.24) is 15.3 Å². The molecule has 9 heteroatoms. The van der Waals surface area contributed by atoms with E-state index in [-0.39, 0.29) is 4.90 Å². The molecule has 0 radical (unpaired) electrons. The Morgan fingerprint density at radius 1 is 1.03 bits per heavy atom. The molecule has 5 aromatic rings.